The number of hydrogen-bond acceptors (Lipinski definition) is 5. The van der Waals surface area contributed by atoms with E-state index in [1.807, 2.05) is 17.9 Å². The summed E-state index contributed by atoms with van der Waals surface area (Å²) in [5, 5.41) is 7.13. The SMILES string of the molecule is CC(C)CN(C(=O)c1cc(C2CC2)on1)C1CCC(NC(=O)C[C@@H](C)N)CC1. The summed E-state index contributed by atoms with van der Waals surface area (Å²) < 4.78 is 5.39. The molecule has 156 valence electrons. The first-order chi connectivity index (χ1) is 13.3. The lowest BCUT2D eigenvalue weighted by Gasteiger charge is -2.37. The van der Waals surface area contributed by atoms with E-state index < -0.39 is 0 Å². The monoisotopic (exact) mass is 390 g/mol. The van der Waals surface area contributed by atoms with Crippen molar-refractivity contribution in [3.8, 4) is 0 Å². The van der Waals surface area contributed by atoms with E-state index in [2.05, 4.69) is 24.3 Å². The molecule has 3 N–H and O–H groups in total. The molecule has 2 saturated carbocycles. The van der Waals surface area contributed by atoms with Crippen LogP contribution in [0.15, 0.2) is 10.6 Å². The highest BCUT2D eigenvalue weighted by Crippen LogP contribution is 2.40. The molecule has 1 aromatic heterocycles. The van der Waals surface area contributed by atoms with E-state index in [4.69, 9.17) is 10.3 Å². The van der Waals surface area contributed by atoms with E-state index in [1.54, 1.807) is 0 Å². The van der Waals surface area contributed by atoms with Crippen molar-refractivity contribution in [2.45, 2.75) is 89.8 Å². The maximum Gasteiger partial charge on any atom is 0.276 e. The molecule has 0 bridgehead atoms. The smallest absolute Gasteiger partial charge is 0.276 e. The largest absolute Gasteiger partial charge is 0.360 e. The Morgan fingerprint density at radius 1 is 1.21 bits per heavy atom. The third-order valence-corrected chi connectivity index (χ3v) is 5.56. The first-order valence-corrected chi connectivity index (χ1v) is 10.7. The topological polar surface area (TPSA) is 101 Å². The van der Waals surface area contributed by atoms with Gasteiger partial charge in [-0.15, -0.1) is 0 Å². The quantitative estimate of drug-likeness (QED) is 0.711. The van der Waals surface area contributed by atoms with Crippen LogP contribution in [0.2, 0.25) is 0 Å². The van der Waals surface area contributed by atoms with Gasteiger partial charge in [0.25, 0.3) is 5.91 Å². The van der Waals surface area contributed by atoms with Crippen LogP contribution in [0.5, 0.6) is 0 Å². The van der Waals surface area contributed by atoms with Gasteiger partial charge >= 0.3 is 0 Å². The van der Waals surface area contributed by atoms with Crippen LogP contribution in [0.4, 0.5) is 0 Å². The van der Waals surface area contributed by atoms with Crippen molar-refractivity contribution >= 4 is 11.8 Å². The lowest BCUT2D eigenvalue weighted by atomic mass is 9.89. The summed E-state index contributed by atoms with van der Waals surface area (Å²) in [7, 11) is 0. The second-order valence-electron chi connectivity index (χ2n) is 8.99. The fourth-order valence-corrected chi connectivity index (χ4v) is 4.00. The van der Waals surface area contributed by atoms with Gasteiger partial charge in [-0.05, 0) is 51.4 Å². The molecule has 7 nitrogen and oxygen atoms in total. The first kappa shape index (κ1) is 20.8. The summed E-state index contributed by atoms with van der Waals surface area (Å²) in [6.07, 6.45) is 6.12. The number of nitrogens with two attached hydrogens (primary N) is 1. The second kappa shape index (κ2) is 9.07. The molecule has 0 aromatic carbocycles. The van der Waals surface area contributed by atoms with Gasteiger partial charge in [0.15, 0.2) is 5.69 Å². The number of rotatable bonds is 8. The maximum absolute atomic E-state index is 13.1. The molecular formula is C21H34N4O3. The Kier molecular flexibility index (Phi) is 6.75. The van der Waals surface area contributed by atoms with E-state index >= 15 is 0 Å². The highest BCUT2D eigenvalue weighted by molar-refractivity contribution is 5.92. The maximum atomic E-state index is 13.1. The van der Waals surface area contributed by atoms with Crippen molar-refractivity contribution in [3.63, 3.8) is 0 Å². The van der Waals surface area contributed by atoms with Crippen LogP contribution in [-0.4, -0.2) is 46.5 Å². The molecule has 2 aliphatic carbocycles. The van der Waals surface area contributed by atoms with Crippen LogP contribution >= 0.6 is 0 Å². The number of carbonyl (C=O) groups excluding carboxylic acids is 2. The van der Waals surface area contributed by atoms with E-state index in [1.165, 1.54) is 0 Å². The molecule has 0 saturated heterocycles. The second-order valence-corrected chi connectivity index (χ2v) is 8.99. The Hall–Kier alpha value is -1.89. The van der Waals surface area contributed by atoms with Crippen LogP contribution in [-0.2, 0) is 4.79 Å². The van der Waals surface area contributed by atoms with Crippen molar-refractivity contribution in [3.05, 3.63) is 17.5 Å². The molecule has 2 aliphatic rings. The van der Waals surface area contributed by atoms with Crippen molar-refractivity contribution in [1.82, 2.24) is 15.4 Å². The fourth-order valence-electron chi connectivity index (χ4n) is 4.00. The Morgan fingerprint density at radius 2 is 1.89 bits per heavy atom. The highest BCUT2D eigenvalue weighted by Gasteiger charge is 2.33. The average Bonchev–Trinajstić information content (AvgIpc) is 3.36. The van der Waals surface area contributed by atoms with Gasteiger partial charge in [0, 0.05) is 43.1 Å². The van der Waals surface area contributed by atoms with Crippen molar-refractivity contribution < 1.29 is 14.1 Å². The van der Waals surface area contributed by atoms with Crippen molar-refractivity contribution in [1.29, 1.82) is 0 Å². The zero-order valence-electron chi connectivity index (χ0n) is 17.3. The molecule has 0 radical (unpaired) electrons. The van der Waals surface area contributed by atoms with Gasteiger partial charge in [0.2, 0.25) is 5.91 Å². The predicted molar refractivity (Wildman–Crippen MR) is 107 cm³/mol. The van der Waals surface area contributed by atoms with Gasteiger partial charge in [-0.3, -0.25) is 9.59 Å². The minimum Gasteiger partial charge on any atom is -0.360 e. The number of aromatic nitrogens is 1. The third kappa shape index (κ3) is 5.56. The molecule has 1 aromatic rings. The van der Waals surface area contributed by atoms with E-state index in [0.717, 1.165) is 44.3 Å². The summed E-state index contributed by atoms with van der Waals surface area (Å²) in [5.41, 5.74) is 6.13. The summed E-state index contributed by atoms with van der Waals surface area (Å²) in [6, 6.07) is 2.05. The molecule has 1 atom stereocenters. The summed E-state index contributed by atoms with van der Waals surface area (Å²) in [6.45, 7) is 6.79. The minimum atomic E-state index is -0.126. The Bertz CT molecular complexity index is 673. The lowest BCUT2D eigenvalue weighted by molar-refractivity contribution is -0.122. The first-order valence-electron chi connectivity index (χ1n) is 10.7. The van der Waals surface area contributed by atoms with E-state index in [-0.39, 0.29) is 29.9 Å². The van der Waals surface area contributed by atoms with Gasteiger partial charge in [0.05, 0.1) is 0 Å². The summed E-state index contributed by atoms with van der Waals surface area (Å²) in [4.78, 5) is 27.1. The van der Waals surface area contributed by atoms with Crippen LogP contribution in [0.1, 0.15) is 87.9 Å². The molecule has 0 spiro atoms. The highest BCUT2D eigenvalue weighted by atomic mass is 16.5. The van der Waals surface area contributed by atoms with Crippen LogP contribution in [0.25, 0.3) is 0 Å². The molecule has 3 rings (SSSR count). The van der Waals surface area contributed by atoms with Gasteiger partial charge in [-0.25, -0.2) is 0 Å². The lowest BCUT2D eigenvalue weighted by Crippen LogP contribution is -2.47. The van der Waals surface area contributed by atoms with Crippen LogP contribution < -0.4 is 11.1 Å². The standard InChI is InChI=1S/C21H34N4O3/c1-13(2)12-25(21(27)18-11-19(28-24-18)15-4-5-15)17-8-6-16(7-9-17)23-20(26)10-14(3)22/h11,13-17H,4-10,12,22H2,1-3H3,(H,23,26)/t14-,16?,17?/m1/s1. The predicted octanol–water partition coefficient (Wildman–Crippen LogP) is 2.81. The summed E-state index contributed by atoms with van der Waals surface area (Å²) >= 11 is 0. The number of carbonyl (C=O) groups is 2. The summed E-state index contributed by atoms with van der Waals surface area (Å²) in [5.74, 6) is 1.65. The fraction of sp³-hybridized carbons (Fsp3) is 0.762. The van der Waals surface area contributed by atoms with E-state index in [0.29, 0.717) is 30.5 Å². The van der Waals surface area contributed by atoms with Gasteiger partial charge < -0.3 is 20.5 Å². The molecule has 1 heterocycles. The zero-order chi connectivity index (χ0) is 20.3. The number of amides is 2. The van der Waals surface area contributed by atoms with Crippen LogP contribution in [0, 0.1) is 5.92 Å². The Balaban J connectivity index is 1.59. The molecular weight excluding hydrogens is 356 g/mol. The molecule has 2 fully saturated rings. The molecule has 2 amide bonds. The van der Waals surface area contributed by atoms with Crippen molar-refractivity contribution in [2.75, 3.05) is 6.54 Å². The average molecular weight is 391 g/mol. The van der Waals surface area contributed by atoms with E-state index in [9.17, 15) is 9.59 Å². The zero-order valence-corrected chi connectivity index (χ0v) is 17.3. The molecule has 7 heteroatoms. The molecule has 28 heavy (non-hydrogen) atoms. The third-order valence-electron chi connectivity index (χ3n) is 5.56. The van der Waals surface area contributed by atoms with Gasteiger partial charge in [-0.2, -0.15) is 0 Å². The van der Waals surface area contributed by atoms with Crippen LogP contribution in [0.3, 0.4) is 0 Å². The van der Waals surface area contributed by atoms with Gasteiger partial charge in [0.1, 0.15) is 5.76 Å². The number of hydrogen-bond donors (Lipinski definition) is 2. The minimum absolute atomic E-state index is 0.0174. The Morgan fingerprint density at radius 3 is 2.46 bits per heavy atom. The Labute approximate surface area is 167 Å². The van der Waals surface area contributed by atoms with Crippen molar-refractivity contribution in [2.24, 2.45) is 11.7 Å². The number of nitrogens with one attached hydrogen (secondary N) is 1. The molecule has 0 aliphatic heterocycles. The number of nitrogens with zero attached hydrogens (tertiary/aromatic N) is 2. The normalized spacial score (nSPS) is 23.5. The molecule has 0 unspecified atom stereocenters. The van der Waals surface area contributed by atoms with Gasteiger partial charge in [-0.1, -0.05) is 19.0 Å².